The number of nitrogens with two attached hydrogens (primary N) is 2. The third-order valence-corrected chi connectivity index (χ3v) is 5.78. The molecule has 1 fully saturated rings. The molecule has 0 bridgehead atoms. The van der Waals surface area contributed by atoms with Crippen molar-refractivity contribution in [1.82, 2.24) is 4.98 Å². The lowest BCUT2D eigenvalue weighted by molar-refractivity contribution is 0.506. The van der Waals surface area contributed by atoms with Crippen molar-refractivity contribution >= 4 is 34.7 Å². The number of halogens is 1. The van der Waals surface area contributed by atoms with E-state index in [9.17, 15) is 0 Å². The number of rotatable bonds is 2. The van der Waals surface area contributed by atoms with Crippen LogP contribution in [0.3, 0.4) is 0 Å². The first kappa shape index (κ1) is 16.0. The molecular formula is C17H20ClN5S. The van der Waals surface area contributed by atoms with Gasteiger partial charge in [-0.2, -0.15) is 0 Å². The maximum atomic E-state index is 6.55. The van der Waals surface area contributed by atoms with Gasteiger partial charge >= 0.3 is 0 Å². The summed E-state index contributed by atoms with van der Waals surface area (Å²) in [5, 5.41) is 0.600. The largest absolute Gasteiger partial charge is 0.368 e. The Bertz CT molecular complexity index is 744. The maximum absolute atomic E-state index is 6.55. The Labute approximate surface area is 151 Å². The van der Waals surface area contributed by atoms with E-state index in [-0.39, 0.29) is 11.4 Å². The van der Waals surface area contributed by atoms with Crippen molar-refractivity contribution in [2.75, 3.05) is 22.9 Å². The smallest absolute Gasteiger partial charge is 0.114 e. The number of nitrogens with zero attached hydrogens (tertiary/aromatic N) is 3. The highest BCUT2D eigenvalue weighted by Crippen LogP contribution is 2.45. The Hall–Kier alpha value is -1.47. The van der Waals surface area contributed by atoms with Crippen molar-refractivity contribution < 1.29 is 0 Å². The summed E-state index contributed by atoms with van der Waals surface area (Å²) in [6.07, 6.45) is 11.8. The lowest BCUT2D eigenvalue weighted by Crippen LogP contribution is -2.43. The van der Waals surface area contributed by atoms with Crippen LogP contribution < -0.4 is 21.3 Å². The van der Waals surface area contributed by atoms with Gasteiger partial charge in [-0.25, -0.2) is 0 Å². The summed E-state index contributed by atoms with van der Waals surface area (Å²) >= 11 is 8.19. The van der Waals surface area contributed by atoms with Crippen LogP contribution in [0.2, 0.25) is 0 Å². The second-order valence-electron chi connectivity index (χ2n) is 6.20. The predicted molar refractivity (Wildman–Crippen MR) is 102 cm³/mol. The number of piperidine rings is 1. The zero-order valence-corrected chi connectivity index (χ0v) is 14.8. The molecule has 7 heteroatoms. The number of anilines is 2. The Kier molecular flexibility index (Phi) is 4.30. The van der Waals surface area contributed by atoms with Gasteiger partial charge in [0.1, 0.15) is 5.16 Å². The molecular weight excluding hydrogens is 342 g/mol. The molecule has 1 unspecified atom stereocenters. The highest BCUT2D eigenvalue weighted by molar-refractivity contribution is 8.04. The van der Waals surface area contributed by atoms with Crippen LogP contribution in [-0.4, -0.2) is 29.5 Å². The molecule has 1 saturated heterocycles. The molecule has 4 N–H and O–H groups in total. The quantitative estimate of drug-likeness (QED) is 0.789. The molecule has 3 aliphatic rings. The molecule has 2 atom stereocenters. The number of hydrogen-bond acceptors (Lipinski definition) is 6. The fourth-order valence-electron chi connectivity index (χ4n) is 3.41. The van der Waals surface area contributed by atoms with Gasteiger partial charge in [0.2, 0.25) is 0 Å². The van der Waals surface area contributed by atoms with E-state index in [4.69, 9.17) is 23.1 Å². The number of fused-ring (bicyclic) bond motifs is 1. The minimum absolute atomic E-state index is 0.0479. The summed E-state index contributed by atoms with van der Waals surface area (Å²) in [6, 6.07) is 2.25. The summed E-state index contributed by atoms with van der Waals surface area (Å²) in [5.41, 5.74) is 15.4. The first-order chi connectivity index (χ1) is 11.6. The minimum Gasteiger partial charge on any atom is -0.368 e. The third kappa shape index (κ3) is 2.84. The van der Waals surface area contributed by atoms with Crippen molar-refractivity contribution in [3.8, 4) is 0 Å². The van der Waals surface area contributed by atoms with Crippen LogP contribution in [0.1, 0.15) is 12.8 Å². The zero-order valence-electron chi connectivity index (χ0n) is 13.2. The summed E-state index contributed by atoms with van der Waals surface area (Å²) in [6.45, 7) is 1.85. The molecule has 0 saturated carbocycles. The van der Waals surface area contributed by atoms with E-state index in [1.165, 1.54) is 0 Å². The van der Waals surface area contributed by atoms with E-state index < -0.39 is 0 Å². The molecule has 4 rings (SSSR count). The first-order valence-electron chi connectivity index (χ1n) is 8.10. The van der Waals surface area contributed by atoms with Gasteiger partial charge in [0.15, 0.2) is 0 Å². The normalized spacial score (nSPS) is 26.7. The average molecular weight is 362 g/mol. The topological polar surface area (TPSA) is 71.4 Å². The lowest BCUT2D eigenvalue weighted by Gasteiger charge is -2.37. The van der Waals surface area contributed by atoms with Gasteiger partial charge in [-0.05, 0) is 37.1 Å². The van der Waals surface area contributed by atoms with Crippen molar-refractivity contribution in [1.29, 1.82) is 0 Å². The summed E-state index contributed by atoms with van der Waals surface area (Å²) in [5.74, 6) is 0. The fraction of sp³-hybridized carbons (Fsp3) is 0.353. The molecule has 4 heterocycles. The monoisotopic (exact) mass is 361 g/mol. The molecule has 126 valence electrons. The summed E-state index contributed by atoms with van der Waals surface area (Å²) in [4.78, 5) is 9.84. The molecule has 0 aliphatic carbocycles. The van der Waals surface area contributed by atoms with Gasteiger partial charge in [-0.1, -0.05) is 11.6 Å². The van der Waals surface area contributed by atoms with Crippen LogP contribution in [0.15, 0.2) is 52.4 Å². The van der Waals surface area contributed by atoms with E-state index in [2.05, 4.69) is 9.88 Å². The Morgan fingerprint density at radius 2 is 2.12 bits per heavy atom. The number of aromatic nitrogens is 1. The standard InChI is InChI=1S/C17H20ClN5S/c18-16-4-3-15-13(8-17(20)24-15)23(16)14-9-21-6-5-12(14)22-7-1-2-11(19)10-22/h3-6,8-9,11,17H,1-2,7,10,19-20H2/t11-,17?/m1/s1. The van der Waals surface area contributed by atoms with E-state index in [0.29, 0.717) is 5.16 Å². The van der Waals surface area contributed by atoms with Gasteiger partial charge in [0, 0.05) is 30.2 Å². The summed E-state index contributed by atoms with van der Waals surface area (Å²) in [7, 11) is 0. The Morgan fingerprint density at radius 3 is 2.96 bits per heavy atom. The van der Waals surface area contributed by atoms with Crippen LogP contribution >= 0.6 is 23.4 Å². The summed E-state index contributed by atoms with van der Waals surface area (Å²) < 4.78 is 0. The highest BCUT2D eigenvalue weighted by Gasteiger charge is 2.31. The fourth-order valence-corrected chi connectivity index (χ4v) is 4.58. The molecule has 0 spiro atoms. The maximum Gasteiger partial charge on any atom is 0.114 e. The molecule has 0 radical (unpaired) electrons. The van der Waals surface area contributed by atoms with Crippen molar-refractivity contribution in [3.05, 3.63) is 52.4 Å². The molecule has 0 aromatic carbocycles. The Balaban J connectivity index is 1.75. The molecule has 3 aliphatic heterocycles. The van der Waals surface area contributed by atoms with Crippen molar-refractivity contribution in [2.45, 2.75) is 24.3 Å². The van der Waals surface area contributed by atoms with Crippen LogP contribution in [0, 0.1) is 0 Å². The highest BCUT2D eigenvalue weighted by atomic mass is 35.5. The molecule has 24 heavy (non-hydrogen) atoms. The first-order valence-corrected chi connectivity index (χ1v) is 9.36. The lowest BCUT2D eigenvalue weighted by atomic mass is 10.1. The van der Waals surface area contributed by atoms with E-state index in [0.717, 1.165) is 47.9 Å². The van der Waals surface area contributed by atoms with Gasteiger partial charge in [0.05, 0.1) is 28.6 Å². The third-order valence-electron chi connectivity index (χ3n) is 4.48. The van der Waals surface area contributed by atoms with Crippen molar-refractivity contribution in [3.63, 3.8) is 0 Å². The zero-order chi connectivity index (χ0) is 16.7. The number of hydrogen-bond donors (Lipinski definition) is 2. The number of thioether (sulfide) groups is 1. The van der Waals surface area contributed by atoms with E-state index >= 15 is 0 Å². The number of allylic oxidation sites excluding steroid dienone is 2. The Morgan fingerprint density at radius 1 is 1.25 bits per heavy atom. The second-order valence-corrected chi connectivity index (χ2v) is 7.81. The number of pyridine rings is 1. The molecule has 1 aromatic heterocycles. The van der Waals surface area contributed by atoms with Crippen LogP contribution in [-0.2, 0) is 0 Å². The van der Waals surface area contributed by atoms with Crippen LogP contribution in [0.5, 0.6) is 0 Å². The van der Waals surface area contributed by atoms with Gasteiger partial charge < -0.3 is 16.4 Å². The van der Waals surface area contributed by atoms with E-state index in [1.807, 2.05) is 41.6 Å². The van der Waals surface area contributed by atoms with Crippen molar-refractivity contribution in [2.24, 2.45) is 11.5 Å². The molecule has 1 aromatic rings. The average Bonchev–Trinajstić information content (AvgIpc) is 2.95. The SMILES string of the molecule is NC1C=C2C(=CC=C(Cl)N2c2cnccc2N2CCC[C@@H](N)C2)S1. The van der Waals surface area contributed by atoms with Crippen LogP contribution in [0.4, 0.5) is 11.4 Å². The molecule has 0 amide bonds. The van der Waals surface area contributed by atoms with Gasteiger partial charge in [0.25, 0.3) is 0 Å². The minimum atomic E-state index is -0.0479. The van der Waals surface area contributed by atoms with Crippen LogP contribution in [0.25, 0.3) is 0 Å². The predicted octanol–water partition coefficient (Wildman–Crippen LogP) is 2.71. The van der Waals surface area contributed by atoms with E-state index in [1.54, 1.807) is 11.8 Å². The molecule has 5 nitrogen and oxygen atoms in total. The van der Waals surface area contributed by atoms with Gasteiger partial charge in [-0.15, -0.1) is 11.8 Å². The second kappa shape index (κ2) is 6.44. The van der Waals surface area contributed by atoms with Gasteiger partial charge in [-0.3, -0.25) is 9.88 Å².